The zero-order valence-corrected chi connectivity index (χ0v) is 16.7. The van der Waals surface area contributed by atoms with Gasteiger partial charge in [0, 0.05) is 25.8 Å². The molecule has 10 heteroatoms. The predicted molar refractivity (Wildman–Crippen MR) is 101 cm³/mol. The van der Waals surface area contributed by atoms with Crippen LogP contribution in [-0.2, 0) is 14.8 Å². The molecule has 1 aromatic heterocycles. The largest absolute Gasteiger partial charge is 0.405 e. The van der Waals surface area contributed by atoms with Crippen molar-refractivity contribution in [3.8, 4) is 0 Å². The molecule has 2 heterocycles. The van der Waals surface area contributed by atoms with E-state index in [1.807, 2.05) is 6.92 Å². The summed E-state index contributed by atoms with van der Waals surface area (Å²) in [6, 6.07) is 5.71. The molecule has 0 saturated carbocycles. The minimum atomic E-state index is -3.57. The van der Waals surface area contributed by atoms with E-state index in [-0.39, 0.29) is 22.6 Å². The summed E-state index contributed by atoms with van der Waals surface area (Å²) in [5.41, 5.74) is 0.284. The first-order valence-corrected chi connectivity index (χ1v) is 10.7. The summed E-state index contributed by atoms with van der Waals surface area (Å²) in [5, 5.41) is 10.2. The van der Waals surface area contributed by atoms with E-state index in [0.29, 0.717) is 19.0 Å². The highest BCUT2D eigenvalue weighted by molar-refractivity contribution is 7.89. The van der Waals surface area contributed by atoms with Gasteiger partial charge in [-0.05, 0) is 43.5 Å². The number of hydrogen-bond acceptors (Lipinski definition) is 7. The number of amides is 1. The number of anilines is 1. The number of rotatable bonds is 8. The van der Waals surface area contributed by atoms with E-state index >= 15 is 0 Å². The first kappa shape index (κ1) is 20.4. The third kappa shape index (κ3) is 4.57. The molecular weight excluding hydrogens is 384 g/mol. The Kier molecular flexibility index (Phi) is 6.42. The summed E-state index contributed by atoms with van der Waals surface area (Å²) < 4.78 is 37.2. The summed E-state index contributed by atoms with van der Waals surface area (Å²) in [6.07, 6.45) is 3.19. The van der Waals surface area contributed by atoms with E-state index in [4.69, 9.17) is 9.15 Å². The molecule has 1 aliphatic heterocycles. The second-order valence-electron chi connectivity index (χ2n) is 6.61. The predicted octanol–water partition coefficient (Wildman–Crippen LogP) is 2.59. The number of aromatic nitrogens is 2. The monoisotopic (exact) mass is 408 g/mol. The molecule has 3 rings (SSSR count). The minimum Gasteiger partial charge on any atom is -0.405 e. The Morgan fingerprint density at radius 1 is 1.29 bits per heavy atom. The van der Waals surface area contributed by atoms with Crippen LogP contribution in [0, 0.1) is 0 Å². The van der Waals surface area contributed by atoms with E-state index in [0.717, 1.165) is 25.7 Å². The van der Waals surface area contributed by atoms with Gasteiger partial charge in [0.25, 0.3) is 5.91 Å². The molecule has 9 nitrogen and oxygen atoms in total. The molecule has 1 N–H and O–H groups in total. The van der Waals surface area contributed by atoms with Gasteiger partial charge >= 0.3 is 6.01 Å². The summed E-state index contributed by atoms with van der Waals surface area (Å²) in [7, 11) is -2.02. The van der Waals surface area contributed by atoms with Gasteiger partial charge < -0.3 is 9.15 Å². The van der Waals surface area contributed by atoms with Crippen molar-refractivity contribution in [3.05, 3.63) is 35.7 Å². The number of nitrogens with one attached hydrogen (secondary N) is 1. The van der Waals surface area contributed by atoms with Gasteiger partial charge in [-0.3, -0.25) is 10.1 Å². The van der Waals surface area contributed by atoms with Crippen molar-refractivity contribution in [1.29, 1.82) is 0 Å². The molecule has 0 aliphatic carbocycles. The molecule has 1 atom stereocenters. The smallest absolute Gasteiger partial charge is 0.322 e. The van der Waals surface area contributed by atoms with Gasteiger partial charge in [0.2, 0.25) is 15.9 Å². The quantitative estimate of drug-likeness (QED) is 0.714. The van der Waals surface area contributed by atoms with E-state index < -0.39 is 15.9 Å². The minimum absolute atomic E-state index is 0.0218. The lowest BCUT2D eigenvalue weighted by molar-refractivity contribution is 0.0893. The first-order valence-electron chi connectivity index (χ1n) is 9.24. The summed E-state index contributed by atoms with van der Waals surface area (Å²) in [5.74, 6) is -0.129. The van der Waals surface area contributed by atoms with Gasteiger partial charge in [0.1, 0.15) is 6.10 Å². The van der Waals surface area contributed by atoms with Gasteiger partial charge in [0.15, 0.2) is 0 Å². The molecule has 0 radical (unpaired) electrons. The maximum atomic E-state index is 12.5. The number of carbonyl (C=O) groups excluding carboxylic acids is 1. The zero-order valence-electron chi connectivity index (χ0n) is 15.9. The number of nitrogens with zero attached hydrogens (tertiary/aromatic N) is 3. The molecule has 1 saturated heterocycles. The lowest BCUT2D eigenvalue weighted by Crippen LogP contribution is -2.28. The van der Waals surface area contributed by atoms with Crippen LogP contribution in [0.15, 0.2) is 33.6 Å². The maximum absolute atomic E-state index is 12.5. The van der Waals surface area contributed by atoms with Crippen molar-refractivity contribution in [2.45, 2.75) is 43.6 Å². The van der Waals surface area contributed by atoms with Crippen LogP contribution < -0.4 is 5.32 Å². The van der Waals surface area contributed by atoms with Crippen molar-refractivity contribution >= 4 is 21.9 Å². The van der Waals surface area contributed by atoms with Gasteiger partial charge in [-0.25, -0.2) is 12.7 Å². The van der Waals surface area contributed by atoms with Crippen LogP contribution in [0.4, 0.5) is 6.01 Å². The molecule has 0 spiro atoms. The normalized spacial score (nSPS) is 17.2. The highest BCUT2D eigenvalue weighted by atomic mass is 32.2. The maximum Gasteiger partial charge on any atom is 0.322 e. The summed E-state index contributed by atoms with van der Waals surface area (Å²) in [4.78, 5) is 12.5. The van der Waals surface area contributed by atoms with E-state index in [1.54, 1.807) is 7.05 Å². The van der Waals surface area contributed by atoms with Crippen LogP contribution in [0.2, 0.25) is 0 Å². The van der Waals surface area contributed by atoms with Crippen LogP contribution in [0.1, 0.15) is 55.0 Å². The van der Waals surface area contributed by atoms with Crippen molar-refractivity contribution < 1.29 is 22.4 Å². The van der Waals surface area contributed by atoms with E-state index in [2.05, 4.69) is 15.5 Å². The van der Waals surface area contributed by atoms with Crippen molar-refractivity contribution in [1.82, 2.24) is 14.5 Å². The zero-order chi connectivity index (χ0) is 20.1. The van der Waals surface area contributed by atoms with Gasteiger partial charge in [-0.15, -0.1) is 5.10 Å². The Balaban J connectivity index is 1.65. The number of benzene rings is 1. The van der Waals surface area contributed by atoms with Crippen molar-refractivity contribution in [2.24, 2.45) is 0 Å². The molecule has 1 aromatic carbocycles. The van der Waals surface area contributed by atoms with Gasteiger partial charge in [-0.1, -0.05) is 18.4 Å². The SMILES string of the molecule is CCCCN(C)S(=O)(=O)c1ccc(C(=O)Nc2nnc(C3CCCO3)o2)cc1. The average molecular weight is 408 g/mol. The standard InChI is InChI=1S/C18H24N4O5S/c1-3-4-11-22(2)28(24,25)14-9-7-13(8-10-14)16(23)19-18-21-20-17(27-18)15-6-5-12-26-15/h7-10,15H,3-6,11-12H2,1-2H3,(H,19,21,23). The van der Waals surface area contributed by atoms with Crippen LogP contribution in [0.25, 0.3) is 0 Å². The van der Waals surface area contributed by atoms with Crippen LogP contribution >= 0.6 is 0 Å². The van der Waals surface area contributed by atoms with Gasteiger partial charge in [0.05, 0.1) is 4.90 Å². The molecule has 1 amide bonds. The van der Waals surface area contributed by atoms with Crippen molar-refractivity contribution in [3.63, 3.8) is 0 Å². The first-order chi connectivity index (χ1) is 13.4. The molecular formula is C18H24N4O5S. The number of hydrogen-bond donors (Lipinski definition) is 1. The Bertz CT molecular complexity index is 904. The van der Waals surface area contributed by atoms with E-state index in [1.165, 1.54) is 28.6 Å². The van der Waals surface area contributed by atoms with E-state index in [9.17, 15) is 13.2 Å². The number of sulfonamides is 1. The number of ether oxygens (including phenoxy) is 1. The second kappa shape index (κ2) is 8.80. The Hall–Kier alpha value is -2.30. The summed E-state index contributed by atoms with van der Waals surface area (Å²) in [6.45, 7) is 3.10. The van der Waals surface area contributed by atoms with Crippen molar-refractivity contribution in [2.75, 3.05) is 25.5 Å². The summed E-state index contributed by atoms with van der Waals surface area (Å²) >= 11 is 0. The third-order valence-corrected chi connectivity index (χ3v) is 6.39. The number of unbranched alkanes of at least 4 members (excludes halogenated alkanes) is 1. The fourth-order valence-corrected chi connectivity index (χ4v) is 4.03. The topological polar surface area (TPSA) is 115 Å². The second-order valence-corrected chi connectivity index (χ2v) is 8.65. The Labute approximate surface area is 164 Å². The Morgan fingerprint density at radius 3 is 2.68 bits per heavy atom. The van der Waals surface area contributed by atoms with Crippen LogP contribution in [-0.4, -0.2) is 49.0 Å². The molecule has 2 aromatic rings. The van der Waals surface area contributed by atoms with Crippen LogP contribution in [0.5, 0.6) is 0 Å². The average Bonchev–Trinajstić information content (AvgIpc) is 3.37. The van der Waals surface area contributed by atoms with Crippen LogP contribution in [0.3, 0.4) is 0 Å². The molecule has 0 bridgehead atoms. The molecule has 1 unspecified atom stereocenters. The highest BCUT2D eigenvalue weighted by Gasteiger charge is 2.24. The number of carbonyl (C=O) groups is 1. The van der Waals surface area contributed by atoms with Gasteiger partial charge in [-0.2, -0.15) is 0 Å². The lowest BCUT2D eigenvalue weighted by Gasteiger charge is -2.16. The molecule has 1 aliphatic rings. The Morgan fingerprint density at radius 2 is 2.04 bits per heavy atom. The molecule has 1 fully saturated rings. The fourth-order valence-electron chi connectivity index (χ4n) is 2.82. The highest BCUT2D eigenvalue weighted by Crippen LogP contribution is 2.28. The molecule has 28 heavy (non-hydrogen) atoms. The third-order valence-electron chi connectivity index (χ3n) is 4.52. The molecule has 152 valence electrons. The lowest BCUT2D eigenvalue weighted by atomic mass is 10.2. The fraction of sp³-hybridized carbons (Fsp3) is 0.500.